The molecule has 0 saturated carbocycles. The van der Waals surface area contributed by atoms with Gasteiger partial charge in [-0.1, -0.05) is 0 Å². The fourth-order valence-electron chi connectivity index (χ4n) is 3.81. The quantitative estimate of drug-likeness (QED) is 0.0690. The van der Waals surface area contributed by atoms with Crippen LogP contribution in [0.1, 0.15) is 51.9 Å². The first-order valence-corrected chi connectivity index (χ1v) is 12.4. The summed E-state index contributed by atoms with van der Waals surface area (Å²) in [5.41, 5.74) is 13.2. The molecule has 0 fully saturated rings. The molecule has 0 radical (unpaired) electrons. The Morgan fingerprint density at radius 3 is 2.00 bits per heavy atom. The monoisotopic (exact) mass is 521 g/mol. The average Bonchev–Trinajstić information content (AvgIpc) is 3.59. The largest absolute Gasteiger partial charge is 0.396 e. The number of H-pyrrole nitrogens is 2. The van der Waals surface area contributed by atoms with Crippen molar-refractivity contribution in [1.82, 2.24) is 35.6 Å². The van der Waals surface area contributed by atoms with Gasteiger partial charge in [-0.05, 0) is 40.5 Å². The Bertz CT molecular complexity index is 1010. The van der Waals surface area contributed by atoms with Gasteiger partial charge in [0.25, 0.3) is 6.33 Å². The molecule has 0 amide bonds. The summed E-state index contributed by atoms with van der Waals surface area (Å²) in [6.07, 6.45) is 9.07. The second-order valence-electron chi connectivity index (χ2n) is 9.37. The summed E-state index contributed by atoms with van der Waals surface area (Å²) >= 11 is 0. The number of hydrogen-bond acceptors (Lipinski definition) is 10. The Kier molecular flexibility index (Phi) is 9.64. The summed E-state index contributed by atoms with van der Waals surface area (Å²) in [5.74, 6) is -3.59. The molecule has 37 heavy (non-hydrogen) atoms. The van der Waals surface area contributed by atoms with Crippen LogP contribution >= 0.6 is 0 Å². The molecule has 14 heteroatoms. The summed E-state index contributed by atoms with van der Waals surface area (Å²) in [6, 6.07) is 0. The minimum absolute atomic E-state index is 0.113. The molecule has 0 aliphatic carbocycles. The minimum Gasteiger partial charge on any atom is -0.396 e. The average molecular weight is 522 g/mol. The third-order valence-corrected chi connectivity index (χ3v) is 5.71. The zero-order valence-corrected chi connectivity index (χ0v) is 21.9. The van der Waals surface area contributed by atoms with Gasteiger partial charge in [0.15, 0.2) is 11.4 Å². The van der Waals surface area contributed by atoms with E-state index in [1.54, 1.807) is 12.4 Å². The van der Waals surface area contributed by atoms with E-state index >= 15 is 0 Å². The second kappa shape index (κ2) is 12.5. The summed E-state index contributed by atoms with van der Waals surface area (Å²) < 4.78 is 14.1. The van der Waals surface area contributed by atoms with E-state index < -0.39 is 11.7 Å². The molecular formula is C23H41N10O4+. The van der Waals surface area contributed by atoms with Gasteiger partial charge in [-0.3, -0.25) is 10.2 Å². The highest BCUT2D eigenvalue weighted by Gasteiger charge is 2.44. The molecule has 2 atom stereocenters. The predicted octanol–water partition coefficient (Wildman–Crippen LogP) is -0.503. The standard InChI is InChI=1S/C23H41N10O4/c1-16(2)36-11-5-7-26-22(34,20-18(24)13-28-30-20)32-9-10-33(15-32)23(35,21-19(25)14-29-31-21)27-8-6-12-37-17(3)4/h9-10,13-17,26-27,34-35H,5-8,11-12,24-25H2,1-4H3,(H,28,30)(H,29,31)/q+1. The van der Waals surface area contributed by atoms with Gasteiger partial charge in [-0.15, -0.1) is 0 Å². The molecule has 3 aromatic rings. The van der Waals surface area contributed by atoms with Crippen molar-refractivity contribution in [3.05, 3.63) is 42.5 Å². The van der Waals surface area contributed by atoms with E-state index in [4.69, 9.17) is 20.9 Å². The molecule has 14 nitrogen and oxygen atoms in total. The SMILES string of the molecule is CC(C)OCCCNC(O)(c1[nH]ncc1N)n1cc[n+](C(O)(NCCCOC(C)C)c2[nH]ncc2N)c1. The molecule has 0 aliphatic heterocycles. The summed E-state index contributed by atoms with van der Waals surface area (Å²) in [5, 5.41) is 43.3. The Morgan fingerprint density at radius 2 is 1.49 bits per heavy atom. The zero-order valence-electron chi connectivity index (χ0n) is 21.9. The van der Waals surface area contributed by atoms with Crippen LogP contribution < -0.4 is 26.7 Å². The number of aromatic nitrogens is 6. The first kappa shape index (κ1) is 28.6. The lowest BCUT2D eigenvalue weighted by Gasteiger charge is -2.27. The summed E-state index contributed by atoms with van der Waals surface area (Å²) in [4.78, 5) is 0. The normalized spacial score (nSPS) is 15.4. The predicted molar refractivity (Wildman–Crippen MR) is 137 cm³/mol. The van der Waals surface area contributed by atoms with Gasteiger partial charge in [0, 0.05) is 26.3 Å². The first-order valence-electron chi connectivity index (χ1n) is 12.4. The summed E-state index contributed by atoms with van der Waals surface area (Å²) in [6.45, 7) is 9.72. The highest BCUT2D eigenvalue weighted by atomic mass is 16.5. The Morgan fingerprint density at radius 1 is 0.946 bits per heavy atom. The number of nitrogens with zero attached hydrogens (tertiary/aromatic N) is 4. The molecule has 0 aliphatic rings. The molecule has 0 saturated heterocycles. The molecule has 0 aromatic carbocycles. The van der Waals surface area contributed by atoms with Crippen molar-refractivity contribution in [1.29, 1.82) is 0 Å². The third kappa shape index (κ3) is 6.85. The van der Waals surface area contributed by atoms with Crippen LogP contribution in [0, 0.1) is 0 Å². The number of aliphatic hydroxyl groups is 2. The summed E-state index contributed by atoms with van der Waals surface area (Å²) in [7, 11) is 0. The number of rotatable bonds is 16. The van der Waals surface area contributed by atoms with Gasteiger partial charge in [-0.2, -0.15) is 19.3 Å². The maximum Gasteiger partial charge on any atom is 0.316 e. The lowest BCUT2D eigenvalue weighted by molar-refractivity contribution is -0.802. The van der Waals surface area contributed by atoms with Crippen LogP contribution in [0.25, 0.3) is 0 Å². The maximum atomic E-state index is 11.8. The molecule has 3 aromatic heterocycles. The molecule has 10 N–H and O–H groups in total. The lowest BCUT2D eigenvalue weighted by atomic mass is 10.2. The number of ether oxygens (including phenoxy) is 2. The number of imidazole rings is 1. The van der Waals surface area contributed by atoms with E-state index in [1.807, 2.05) is 27.7 Å². The van der Waals surface area contributed by atoms with Crippen molar-refractivity contribution in [3.63, 3.8) is 0 Å². The third-order valence-electron chi connectivity index (χ3n) is 5.71. The molecule has 0 spiro atoms. The van der Waals surface area contributed by atoms with Gasteiger partial charge >= 0.3 is 11.7 Å². The molecule has 0 bridgehead atoms. The number of anilines is 2. The van der Waals surface area contributed by atoms with Crippen molar-refractivity contribution in [2.24, 2.45) is 0 Å². The van der Waals surface area contributed by atoms with E-state index in [9.17, 15) is 10.2 Å². The Labute approximate surface area is 216 Å². The number of nitrogens with one attached hydrogen (secondary N) is 4. The smallest absolute Gasteiger partial charge is 0.316 e. The topological polar surface area (TPSA) is 201 Å². The molecule has 2 unspecified atom stereocenters. The molecule has 206 valence electrons. The number of nitrogen functional groups attached to an aromatic ring is 2. The Balaban J connectivity index is 1.87. The van der Waals surface area contributed by atoms with Gasteiger partial charge in [0.1, 0.15) is 12.4 Å². The van der Waals surface area contributed by atoms with Gasteiger partial charge < -0.3 is 31.2 Å². The van der Waals surface area contributed by atoms with Crippen LogP contribution in [0.3, 0.4) is 0 Å². The van der Waals surface area contributed by atoms with E-state index in [-0.39, 0.29) is 35.0 Å². The van der Waals surface area contributed by atoms with Crippen molar-refractivity contribution in [3.8, 4) is 0 Å². The van der Waals surface area contributed by atoms with Crippen molar-refractivity contribution >= 4 is 11.4 Å². The number of hydrogen-bond donors (Lipinski definition) is 8. The van der Waals surface area contributed by atoms with Crippen LogP contribution in [0.5, 0.6) is 0 Å². The molecule has 3 rings (SSSR count). The van der Waals surface area contributed by atoms with Crippen LogP contribution in [0.15, 0.2) is 31.1 Å². The Hall–Kier alpha value is -3.01. The zero-order chi connectivity index (χ0) is 27.1. The van der Waals surface area contributed by atoms with E-state index in [1.165, 1.54) is 27.9 Å². The van der Waals surface area contributed by atoms with Crippen LogP contribution in [0.4, 0.5) is 11.4 Å². The van der Waals surface area contributed by atoms with Gasteiger partial charge in [-0.25, -0.2) is 10.6 Å². The van der Waals surface area contributed by atoms with Crippen LogP contribution in [-0.4, -0.2) is 73.7 Å². The highest BCUT2D eigenvalue weighted by molar-refractivity contribution is 5.43. The fraction of sp³-hybridized carbons (Fsp3) is 0.609. The van der Waals surface area contributed by atoms with Crippen LogP contribution in [0.2, 0.25) is 0 Å². The molecule has 3 heterocycles. The highest BCUT2D eigenvalue weighted by Crippen LogP contribution is 2.25. The van der Waals surface area contributed by atoms with Gasteiger partial charge in [0.05, 0.1) is 36.0 Å². The van der Waals surface area contributed by atoms with Crippen molar-refractivity contribution in [2.45, 2.75) is 64.4 Å². The van der Waals surface area contributed by atoms with Crippen molar-refractivity contribution in [2.75, 3.05) is 37.8 Å². The van der Waals surface area contributed by atoms with E-state index in [0.29, 0.717) is 39.1 Å². The maximum absolute atomic E-state index is 11.8. The van der Waals surface area contributed by atoms with E-state index in [0.717, 1.165) is 0 Å². The van der Waals surface area contributed by atoms with Crippen LogP contribution in [-0.2, 0) is 21.2 Å². The minimum atomic E-state index is -1.80. The fourth-order valence-corrected chi connectivity index (χ4v) is 3.81. The second-order valence-corrected chi connectivity index (χ2v) is 9.37. The molecular weight excluding hydrogens is 480 g/mol. The lowest BCUT2D eigenvalue weighted by Crippen LogP contribution is -2.65. The van der Waals surface area contributed by atoms with Gasteiger partial charge in [0.2, 0.25) is 0 Å². The van der Waals surface area contributed by atoms with E-state index in [2.05, 4.69) is 31.0 Å². The first-order chi connectivity index (χ1) is 17.6. The van der Waals surface area contributed by atoms with Crippen molar-refractivity contribution < 1.29 is 24.3 Å². The number of aromatic amines is 2. The number of nitrogens with two attached hydrogens (primary N) is 2.